The van der Waals surface area contributed by atoms with Crippen LogP contribution in [0, 0.1) is 11.8 Å². The van der Waals surface area contributed by atoms with E-state index in [0.29, 0.717) is 19.0 Å². The molecule has 9 heteroatoms. The van der Waals surface area contributed by atoms with Crippen molar-refractivity contribution in [3.8, 4) is 5.75 Å². The first kappa shape index (κ1) is 28.4. The predicted molar refractivity (Wildman–Crippen MR) is 149 cm³/mol. The number of nitrogens with zero attached hydrogens (tertiary/aromatic N) is 2. The summed E-state index contributed by atoms with van der Waals surface area (Å²) in [6, 6.07) is 12.7. The van der Waals surface area contributed by atoms with Crippen LogP contribution in [0.25, 0.3) is 0 Å². The monoisotopic (exact) mass is 543 g/mol. The highest BCUT2D eigenvalue weighted by Crippen LogP contribution is 2.36. The molecule has 0 radical (unpaired) electrons. The van der Waals surface area contributed by atoms with Gasteiger partial charge in [0.2, 0.25) is 0 Å². The molecule has 1 fully saturated rings. The lowest BCUT2D eigenvalue weighted by atomic mass is 9.89. The number of fused-ring (bicyclic) bond motifs is 1. The number of anilines is 1. The molecule has 2 aromatic carbocycles. The van der Waals surface area contributed by atoms with Crippen LogP contribution in [0.15, 0.2) is 53.4 Å². The summed E-state index contributed by atoms with van der Waals surface area (Å²) in [7, 11) is -1.79. The van der Waals surface area contributed by atoms with Crippen LogP contribution in [-0.2, 0) is 10.0 Å². The maximum absolute atomic E-state index is 13.7. The molecule has 8 nitrogen and oxygen atoms in total. The van der Waals surface area contributed by atoms with Gasteiger partial charge >= 0.3 is 0 Å². The van der Waals surface area contributed by atoms with Crippen LogP contribution in [0.2, 0.25) is 0 Å². The number of para-hydroxylation sites is 1. The predicted octanol–water partition coefficient (Wildman–Crippen LogP) is 4.22. The SMILES string of the molecule is C[C@@H]1CN([C@H](C)CO)C(=O)c2cccc(NS(=O)(=O)c3ccccc3)c2O[C@@H]1CN(C)CC1CCCCC1. The Morgan fingerprint density at radius 2 is 1.79 bits per heavy atom. The van der Waals surface area contributed by atoms with Gasteiger partial charge in [0, 0.05) is 25.6 Å². The van der Waals surface area contributed by atoms with E-state index >= 15 is 0 Å². The molecule has 4 rings (SSSR count). The second-order valence-corrected chi connectivity index (χ2v) is 12.6. The second kappa shape index (κ2) is 12.5. The van der Waals surface area contributed by atoms with Gasteiger partial charge in [0.05, 0.1) is 28.8 Å². The van der Waals surface area contributed by atoms with Crippen molar-refractivity contribution in [1.82, 2.24) is 9.80 Å². The lowest BCUT2D eigenvalue weighted by Gasteiger charge is -2.39. The average Bonchev–Trinajstić information content (AvgIpc) is 2.91. The Balaban J connectivity index is 1.67. The number of ether oxygens (including phenoxy) is 1. The van der Waals surface area contributed by atoms with Gasteiger partial charge in [-0.15, -0.1) is 0 Å². The van der Waals surface area contributed by atoms with Gasteiger partial charge in [0.15, 0.2) is 5.75 Å². The Kier molecular flexibility index (Phi) is 9.33. The zero-order valence-electron chi connectivity index (χ0n) is 22.7. The number of carbonyl (C=O) groups is 1. The molecular weight excluding hydrogens is 502 g/mol. The molecule has 0 saturated heterocycles. The molecule has 38 heavy (non-hydrogen) atoms. The lowest BCUT2D eigenvalue weighted by Crippen LogP contribution is -2.50. The van der Waals surface area contributed by atoms with Gasteiger partial charge in [-0.3, -0.25) is 9.52 Å². The molecule has 2 aromatic rings. The topological polar surface area (TPSA) is 99.2 Å². The first-order chi connectivity index (χ1) is 18.2. The standard InChI is InChI=1S/C29H41N3O5S/c1-21-17-32(22(2)20-33)29(34)25-15-10-16-26(30-38(35,36)24-13-8-5-9-14-24)28(25)37-27(21)19-31(3)18-23-11-6-4-7-12-23/h5,8-10,13-16,21-23,27,30,33H,4,6-7,11-12,17-20H2,1-3H3/t21-,22-,27-/m1/s1. The highest BCUT2D eigenvalue weighted by Gasteiger charge is 2.35. The fraction of sp³-hybridized carbons (Fsp3) is 0.552. The van der Waals surface area contributed by atoms with Crippen LogP contribution >= 0.6 is 0 Å². The number of sulfonamides is 1. The molecular formula is C29H41N3O5S. The van der Waals surface area contributed by atoms with Gasteiger partial charge in [-0.1, -0.05) is 50.5 Å². The van der Waals surface area contributed by atoms with Gasteiger partial charge in [0.25, 0.3) is 15.9 Å². The first-order valence-electron chi connectivity index (χ1n) is 13.7. The van der Waals surface area contributed by atoms with Gasteiger partial charge < -0.3 is 19.6 Å². The summed E-state index contributed by atoms with van der Waals surface area (Å²) in [6.07, 6.45) is 6.08. The van der Waals surface area contributed by atoms with E-state index in [1.165, 1.54) is 44.2 Å². The molecule has 0 aromatic heterocycles. The average molecular weight is 544 g/mol. The molecule has 1 amide bonds. The summed E-state index contributed by atoms with van der Waals surface area (Å²) in [5.74, 6) is 0.567. The van der Waals surface area contributed by atoms with Crippen molar-refractivity contribution in [2.24, 2.45) is 11.8 Å². The highest BCUT2D eigenvalue weighted by molar-refractivity contribution is 7.92. The number of aliphatic hydroxyl groups is 1. The third-order valence-electron chi connectivity index (χ3n) is 7.78. The van der Waals surface area contributed by atoms with Crippen molar-refractivity contribution in [2.45, 2.75) is 63.0 Å². The van der Waals surface area contributed by atoms with E-state index in [9.17, 15) is 18.3 Å². The minimum atomic E-state index is -3.90. The third-order valence-corrected chi connectivity index (χ3v) is 9.16. The van der Waals surface area contributed by atoms with Crippen LogP contribution in [0.4, 0.5) is 5.69 Å². The van der Waals surface area contributed by atoms with E-state index in [1.807, 2.05) is 13.8 Å². The zero-order chi connectivity index (χ0) is 27.3. The normalized spacial score (nSPS) is 21.8. The molecule has 0 unspecified atom stereocenters. The summed E-state index contributed by atoms with van der Waals surface area (Å²) in [6.45, 7) is 5.76. The van der Waals surface area contributed by atoms with Crippen LogP contribution in [0.3, 0.4) is 0 Å². The Hall–Kier alpha value is -2.62. The van der Waals surface area contributed by atoms with Crippen molar-refractivity contribution < 1.29 is 23.1 Å². The number of rotatable bonds is 9. The summed E-state index contributed by atoms with van der Waals surface area (Å²) < 4.78 is 35.6. The van der Waals surface area contributed by atoms with E-state index in [2.05, 4.69) is 16.7 Å². The Labute approximate surface area is 227 Å². The largest absolute Gasteiger partial charge is 0.486 e. The zero-order valence-corrected chi connectivity index (χ0v) is 23.5. The van der Waals surface area contributed by atoms with Crippen molar-refractivity contribution >= 4 is 21.6 Å². The van der Waals surface area contributed by atoms with E-state index in [4.69, 9.17) is 4.74 Å². The fourth-order valence-corrected chi connectivity index (χ4v) is 6.62. The molecule has 1 aliphatic carbocycles. The van der Waals surface area contributed by atoms with Crippen molar-refractivity contribution in [1.29, 1.82) is 0 Å². The summed E-state index contributed by atoms with van der Waals surface area (Å²) in [5.41, 5.74) is 0.510. The Morgan fingerprint density at radius 1 is 1.08 bits per heavy atom. The minimum absolute atomic E-state index is 0.0475. The van der Waals surface area contributed by atoms with E-state index in [-0.39, 0.29) is 52.5 Å². The quantitative estimate of drug-likeness (QED) is 0.491. The van der Waals surface area contributed by atoms with Crippen LogP contribution in [-0.4, -0.2) is 74.7 Å². The third kappa shape index (κ3) is 6.68. The Bertz CT molecular complexity index is 1180. The molecule has 2 aliphatic rings. The number of nitrogens with one attached hydrogen (secondary N) is 1. The molecule has 0 spiro atoms. The van der Waals surface area contributed by atoms with Gasteiger partial charge in [0.1, 0.15) is 6.10 Å². The van der Waals surface area contributed by atoms with Crippen molar-refractivity contribution in [3.05, 3.63) is 54.1 Å². The smallest absolute Gasteiger partial charge is 0.262 e. The molecule has 1 saturated carbocycles. The number of amides is 1. The summed E-state index contributed by atoms with van der Waals surface area (Å²) >= 11 is 0. The van der Waals surface area contributed by atoms with E-state index in [1.54, 1.807) is 41.3 Å². The second-order valence-electron chi connectivity index (χ2n) is 10.9. The molecule has 1 aliphatic heterocycles. The number of benzene rings is 2. The van der Waals surface area contributed by atoms with E-state index in [0.717, 1.165) is 6.54 Å². The Morgan fingerprint density at radius 3 is 2.47 bits per heavy atom. The summed E-state index contributed by atoms with van der Waals surface area (Å²) in [4.78, 5) is 17.8. The minimum Gasteiger partial charge on any atom is -0.486 e. The van der Waals surface area contributed by atoms with Crippen LogP contribution < -0.4 is 9.46 Å². The highest BCUT2D eigenvalue weighted by atomic mass is 32.2. The number of carbonyl (C=O) groups excluding carboxylic acids is 1. The van der Waals surface area contributed by atoms with Crippen LogP contribution in [0.5, 0.6) is 5.75 Å². The fourth-order valence-electron chi connectivity index (χ4n) is 5.54. The maximum Gasteiger partial charge on any atom is 0.262 e. The number of hydrogen-bond acceptors (Lipinski definition) is 6. The summed E-state index contributed by atoms with van der Waals surface area (Å²) in [5, 5.41) is 9.90. The van der Waals surface area contributed by atoms with Gasteiger partial charge in [-0.25, -0.2) is 8.42 Å². The number of aliphatic hydroxyl groups excluding tert-OH is 1. The van der Waals surface area contributed by atoms with Gasteiger partial charge in [-0.05, 0) is 57.0 Å². The first-order valence-corrected chi connectivity index (χ1v) is 15.2. The molecule has 208 valence electrons. The number of hydrogen-bond donors (Lipinski definition) is 2. The molecule has 2 N–H and O–H groups in total. The number of likely N-dealkylation sites (N-methyl/N-ethyl adjacent to an activating group) is 1. The molecule has 3 atom stereocenters. The van der Waals surface area contributed by atoms with Crippen LogP contribution in [0.1, 0.15) is 56.3 Å². The van der Waals surface area contributed by atoms with Gasteiger partial charge in [-0.2, -0.15) is 0 Å². The van der Waals surface area contributed by atoms with Crippen molar-refractivity contribution in [2.75, 3.05) is 38.0 Å². The molecule has 1 heterocycles. The lowest BCUT2D eigenvalue weighted by molar-refractivity contribution is 0.0333. The van der Waals surface area contributed by atoms with E-state index < -0.39 is 10.0 Å². The van der Waals surface area contributed by atoms with Crippen molar-refractivity contribution in [3.63, 3.8) is 0 Å². The molecule has 0 bridgehead atoms. The maximum atomic E-state index is 13.7.